The Hall–Kier alpha value is -2.86. The Morgan fingerprint density at radius 1 is 1.23 bits per heavy atom. The van der Waals surface area contributed by atoms with Crippen molar-refractivity contribution in [2.75, 3.05) is 18.5 Å². The minimum absolute atomic E-state index is 0.0156. The maximum Gasteiger partial charge on any atom is 0.211 e. The number of benzene rings is 2. The molecule has 0 bridgehead atoms. The molecule has 0 saturated carbocycles. The number of fused-ring (bicyclic) bond motifs is 1. The van der Waals surface area contributed by atoms with Crippen LogP contribution in [0.5, 0.6) is 5.75 Å². The van der Waals surface area contributed by atoms with Gasteiger partial charge in [0.2, 0.25) is 6.41 Å². The van der Waals surface area contributed by atoms with Crippen LogP contribution in [-0.2, 0) is 4.79 Å². The number of aliphatic hydroxyl groups excluding tert-OH is 1. The van der Waals surface area contributed by atoms with Crippen molar-refractivity contribution in [1.82, 2.24) is 10.2 Å². The van der Waals surface area contributed by atoms with Gasteiger partial charge in [0.15, 0.2) is 0 Å². The lowest BCUT2D eigenvalue weighted by Gasteiger charge is -2.05. The van der Waals surface area contributed by atoms with Crippen molar-refractivity contribution < 1.29 is 14.6 Å². The molecule has 1 aromatic heterocycles. The van der Waals surface area contributed by atoms with Gasteiger partial charge in [-0.15, -0.1) is 0 Å². The molecule has 0 aliphatic rings. The van der Waals surface area contributed by atoms with Crippen molar-refractivity contribution in [2.45, 2.75) is 0 Å². The van der Waals surface area contributed by atoms with Crippen LogP contribution in [-0.4, -0.2) is 34.9 Å². The SMILES string of the molecule is O=CNc1ccc2[nH]nc(-c3ccc(OCCO)cc3)c2c1. The van der Waals surface area contributed by atoms with Crippen molar-refractivity contribution in [3.8, 4) is 17.0 Å². The Bertz CT molecular complexity index is 781. The molecule has 6 nitrogen and oxygen atoms in total. The Labute approximate surface area is 126 Å². The summed E-state index contributed by atoms with van der Waals surface area (Å²) in [6, 6.07) is 13.0. The van der Waals surface area contributed by atoms with Crippen LogP contribution >= 0.6 is 0 Å². The van der Waals surface area contributed by atoms with Gasteiger partial charge in [0.05, 0.1) is 17.8 Å². The molecule has 3 N–H and O–H groups in total. The zero-order valence-electron chi connectivity index (χ0n) is 11.7. The fourth-order valence-electron chi connectivity index (χ4n) is 2.26. The Kier molecular flexibility index (Phi) is 4.02. The monoisotopic (exact) mass is 297 g/mol. The van der Waals surface area contributed by atoms with E-state index in [9.17, 15) is 4.79 Å². The summed E-state index contributed by atoms with van der Waals surface area (Å²) in [5.41, 5.74) is 3.35. The molecular formula is C16H15N3O3. The van der Waals surface area contributed by atoms with Crippen LogP contribution in [0.3, 0.4) is 0 Å². The third-order valence-corrected chi connectivity index (χ3v) is 3.28. The predicted molar refractivity (Wildman–Crippen MR) is 83.8 cm³/mol. The van der Waals surface area contributed by atoms with Gasteiger partial charge in [0.25, 0.3) is 0 Å². The molecule has 0 unspecified atom stereocenters. The Balaban J connectivity index is 1.95. The van der Waals surface area contributed by atoms with E-state index in [1.165, 1.54) is 0 Å². The molecule has 1 heterocycles. The largest absolute Gasteiger partial charge is 0.491 e. The number of aliphatic hydroxyl groups is 1. The molecule has 0 radical (unpaired) electrons. The van der Waals surface area contributed by atoms with Crippen LogP contribution in [0.2, 0.25) is 0 Å². The normalized spacial score (nSPS) is 10.6. The standard InChI is InChI=1S/C16H15N3O3/c20-7-8-22-13-4-1-11(2-5-13)16-14-9-12(17-10-21)3-6-15(14)18-19-16/h1-6,9-10,20H,7-8H2,(H,17,21)(H,18,19). The summed E-state index contributed by atoms with van der Waals surface area (Å²) in [5, 5.41) is 19.6. The van der Waals surface area contributed by atoms with Gasteiger partial charge >= 0.3 is 0 Å². The van der Waals surface area contributed by atoms with E-state index in [0.29, 0.717) is 17.8 Å². The second-order valence-electron chi connectivity index (χ2n) is 4.69. The van der Waals surface area contributed by atoms with Gasteiger partial charge in [0.1, 0.15) is 12.4 Å². The first kappa shape index (κ1) is 14.1. The van der Waals surface area contributed by atoms with E-state index >= 15 is 0 Å². The highest BCUT2D eigenvalue weighted by Crippen LogP contribution is 2.29. The lowest BCUT2D eigenvalue weighted by Crippen LogP contribution is -2.01. The molecule has 0 spiro atoms. The van der Waals surface area contributed by atoms with Gasteiger partial charge in [0, 0.05) is 16.6 Å². The van der Waals surface area contributed by atoms with Crippen LogP contribution in [0.25, 0.3) is 22.2 Å². The summed E-state index contributed by atoms with van der Waals surface area (Å²) in [5.74, 6) is 0.695. The molecule has 112 valence electrons. The lowest BCUT2D eigenvalue weighted by molar-refractivity contribution is -0.105. The number of carbonyl (C=O) groups excluding carboxylic acids is 1. The van der Waals surface area contributed by atoms with E-state index < -0.39 is 0 Å². The first-order valence-corrected chi connectivity index (χ1v) is 6.84. The molecule has 3 aromatic rings. The number of carbonyl (C=O) groups is 1. The van der Waals surface area contributed by atoms with Crippen LogP contribution in [0.1, 0.15) is 0 Å². The number of H-pyrrole nitrogens is 1. The summed E-state index contributed by atoms with van der Waals surface area (Å²) in [4.78, 5) is 10.6. The van der Waals surface area contributed by atoms with E-state index in [1.54, 1.807) is 0 Å². The minimum Gasteiger partial charge on any atom is -0.491 e. The molecule has 2 aromatic carbocycles. The fourth-order valence-corrected chi connectivity index (χ4v) is 2.26. The molecule has 0 atom stereocenters. The zero-order chi connectivity index (χ0) is 15.4. The highest BCUT2D eigenvalue weighted by molar-refractivity contribution is 5.95. The van der Waals surface area contributed by atoms with E-state index in [1.807, 2.05) is 42.5 Å². The molecule has 0 saturated heterocycles. The summed E-state index contributed by atoms with van der Waals surface area (Å²) in [6.07, 6.45) is 0.647. The molecule has 0 aliphatic heterocycles. The van der Waals surface area contributed by atoms with Crippen LogP contribution in [0, 0.1) is 0 Å². The van der Waals surface area contributed by atoms with Crippen LogP contribution in [0.4, 0.5) is 5.69 Å². The third kappa shape index (κ3) is 2.77. The lowest BCUT2D eigenvalue weighted by atomic mass is 10.1. The first-order chi connectivity index (χ1) is 10.8. The van der Waals surface area contributed by atoms with E-state index in [-0.39, 0.29) is 13.2 Å². The van der Waals surface area contributed by atoms with Crippen molar-refractivity contribution >= 4 is 23.0 Å². The summed E-state index contributed by atoms with van der Waals surface area (Å²) >= 11 is 0. The molecule has 0 fully saturated rings. The fraction of sp³-hybridized carbons (Fsp3) is 0.125. The zero-order valence-corrected chi connectivity index (χ0v) is 11.7. The maximum absolute atomic E-state index is 10.6. The van der Waals surface area contributed by atoms with Crippen molar-refractivity contribution in [3.63, 3.8) is 0 Å². The number of nitrogens with one attached hydrogen (secondary N) is 2. The molecule has 6 heteroatoms. The van der Waals surface area contributed by atoms with Gasteiger partial charge in [-0.2, -0.15) is 5.10 Å². The highest BCUT2D eigenvalue weighted by Gasteiger charge is 2.09. The summed E-state index contributed by atoms with van der Waals surface area (Å²) in [6.45, 7) is 0.254. The molecule has 1 amide bonds. The molecule has 22 heavy (non-hydrogen) atoms. The molecule has 0 aliphatic carbocycles. The van der Waals surface area contributed by atoms with Crippen LogP contribution in [0.15, 0.2) is 42.5 Å². The van der Waals surface area contributed by atoms with Crippen molar-refractivity contribution in [3.05, 3.63) is 42.5 Å². The summed E-state index contributed by atoms with van der Waals surface area (Å²) in [7, 11) is 0. The number of amides is 1. The van der Waals surface area contributed by atoms with E-state index in [4.69, 9.17) is 9.84 Å². The van der Waals surface area contributed by atoms with E-state index in [0.717, 1.165) is 22.2 Å². The van der Waals surface area contributed by atoms with Gasteiger partial charge in [-0.25, -0.2) is 0 Å². The average molecular weight is 297 g/mol. The summed E-state index contributed by atoms with van der Waals surface area (Å²) < 4.78 is 5.34. The van der Waals surface area contributed by atoms with Crippen molar-refractivity contribution in [2.24, 2.45) is 0 Å². The minimum atomic E-state index is -0.0156. The topological polar surface area (TPSA) is 87.2 Å². The van der Waals surface area contributed by atoms with Gasteiger partial charge in [-0.05, 0) is 42.5 Å². The predicted octanol–water partition coefficient (Wildman–Crippen LogP) is 2.17. The number of rotatable bonds is 6. The number of hydrogen-bond acceptors (Lipinski definition) is 4. The number of anilines is 1. The second kappa shape index (κ2) is 6.28. The van der Waals surface area contributed by atoms with Gasteiger partial charge in [-0.1, -0.05) is 0 Å². The quantitative estimate of drug-likeness (QED) is 0.608. The average Bonchev–Trinajstić information content (AvgIpc) is 2.97. The molecular weight excluding hydrogens is 282 g/mol. The molecule has 3 rings (SSSR count). The number of hydrogen-bond donors (Lipinski definition) is 3. The van der Waals surface area contributed by atoms with Gasteiger partial charge < -0.3 is 15.2 Å². The smallest absolute Gasteiger partial charge is 0.211 e. The third-order valence-electron chi connectivity index (χ3n) is 3.28. The van der Waals surface area contributed by atoms with Crippen LogP contribution < -0.4 is 10.1 Å². The Morgan fingerprint density at radius 2 is 2.05 bits per heavy atom. The number of nitrogens with zero attached hydrogens (tertiary/aromatic N) is 1. The maximum atomic E-state index is 10.6. The first-order valence-electron chi connectivity index (χ1n) is 6.84. The highest BCUT2D eigenvalue weighted by atomic mass is 16.5. The second-order valence-corrected chi connectivity index (χ2v) is 4.69. The number of aromatic amines is 1. The van der Waals surface area contributed by atoms with E-state index in [2.05, 4.69) is 15.5 Å². The number of ether oxygens (including phenoxy) is 1. The van der Waals surface area contributed by atoms with Gasteiger partial charge in [-0.3, -0.25) is 9.89 Å². The number of aromatic nitrogens is 2. The van der Waals surface area contributed by atoms with Crippen molar-refractivity contribution in [1.29, 1.82) is 0 Å². The Morgan fingerprint density at radius 3 is 2.77 bits per heavy atom.